The average Bonchev–Trinajstić information content (AvgIpc) is 2.38. The lowest BCUT2D eigenvalue weighted by molar-refractivity contribution is -0.384. The van der Waals surface area contributed by atoms with Crippen molar-refractivity contribution in [2.45, 2.75) is 33.2 Å². The van der Waals surface area contributed by atoms with Crippen LogP contribution in [0, 0.1) is 16.0 Å². The molecule has 0 aliphatic carbocycles. The maximum Gasteiger partial charge on any atom is 0.311 e. The number of nitrogens with zero attached hydrogens (tertiary/aromatic N) is 2. The predicted octanol–water partition coefficient (Wildman–Crippen LogP) is 2.24. The highest BCUT2D eigenvalue weighted by Crippen LogP contribution is 2.26. The SMILES string of the molecule is CCNc1ccc([N+](=O)[O-])c(NC(CCO)C(C)C)n1. The fraction of sp³-hybridized carbons (Fsp3) is 0.615. The number of hydrogen-bond donors (Lipinski definition) is 3. The van der Waals surface area contributed by atoms with Gasteiger partial charge in [0.1, 0.15) is 5.82 Å². The molecule has 0 aliphatic heterocycles. The third-order valence-corrected chi connectivity index (χ3v) is 3.00. The van der Waals surface area contributed by atoms with Crippen LogP contribution in [0.2, 0.25) is 0 Å². The summed E-state index contributed by atoms with van der Waals surface area (Å²) in [5.41, 5.74) is -0.0600. The van der Waals surface area contributed by atoms with Gasteiger partial charge in [0.2, 0.25) is 5.82 Å². The van der Waals surface area contributed by atoms with Gasteiger partial charge in [-0.1, -0.05) is 13.8 Å². The van der Waals surface area contributed by atoms with Crippen molar-refractivity contribution in [1.29, 1.82) is 0 Å². The summed E-state index contributed by atoms with van der Waals surface area (Å²) in [6.45, 7) is 6.63. The number of aliphatic hydroxyl groups is 1. The standard InChI is InChI=1S/C13H22N4O3/c1-4-14-12-6-5-11(17(19)20)13(16-12)15-10(7-8-18)9(2)3/h5-6,9-10,18H,4,7-8H2,1-3H3,(H2,14,15,16). The fourth-order valence-electron chi connectivity index (χ4n) is 1.87. The monoisotopic (exact) mass is 282 g/mol. The van der Waals surface area contributed by atoms with Crippen LogP contribution < -0.4 is 10.6 Å². The van der Waals surface area contributed by atoms with E-state index in [0.717, 1.165) is 0 Å². The Hall–Kier alpha value is -1.89. The van der Waals surface area contributed by atoms with Gasteiger partial charge in [-0.3, -0.25) is 10.1 Å². The molecule has 0 bridgehead atoms. The second kappa shape index (κ2) is 7.64. The van der Waals surface area contributed by atoms with Gasteiger partial charge in [-0.25, -0.2) is 4.98 Å². The highest BCUT2D eigenvalue weighted by molar-refractivity contribution is 5.60. The molecule has 0 saturated heterocycles. The molecule has 0 spiro atoms. The van der Waals surface area contributed by atoms with Crippen molar-refractivity contribution >= 4 is 17.3 Å². The Labute approximate surface area is 118 Å². The van der Waals surface area contributed by atoms with Crippen molar-refractivity contribution in [3.8, 4) is 0 Å². The molecular weight excluding hydrogens is 260 g/mol. The molecule has 0 radical (unpaired) electrons. The van der Waals surface area contributed by atoms with E-state index in [4.69, 9.17) is 5.11 Å². The zero-order valence-corrected chi connectivity index (χ0v) is 12.1. The van der Waals surface area contributed by atoms with Gasteiger partial charge >= 0.3 is 5.69 Å². The van der Waals surface area contributed by atoms with Crippen LogP contribution in [0.1, 0.15) is 27.2 Å². The van der Waals surface area contributed by atoms with Gasteiger partial charge in [-0.2, -0.15) is 0 Å². The Morgan fingerprint density at radius 2 is 2.15 bits per heavy atom. The molecule has 20 heavy (non-hydrogen) atoms. The summed E-state index contributed by atoms with van der Waals surface area (Å²) in [5, 5.41) is 26.2. The van der Waals surface area contributed by atoms with Gasteiger partial charge < -0.3 is 15.7 Å². The molecule has 1 aromatic rings. The van der Waals surface area contributed by atoms with Gasteiger partial charge in [0, 0.05) is 25.3 Å². The van der Waals surface area contributed by atoms with Gasteiger partial charge in [0.15, 0.2) is 0 Å². The van der Waals surface area contributed by atoms with Crippen LogP contribution in [0.4, 0.5) is 17.3 Å². The number of hydrogen-bond acceptors (Lipinski definition) is 6. The predicted molar refractivity (Wildman–Crippen MR) is 79.0 cm³/mol. The zero-order chi connectivity index (χ0) is 15.1. The molecule has 0 aliphatic rings. The zero-order valence-electron chi connectivity index (χ0n) is 12.1. The largest absolute Gasteiger partial charge is 0.396 e. The summed E-state index contributed by atoms with van der Waals surface area (Å²) in [5.74, 6) is 1.05. The molecule has 0 fully saturated rings. The van der Waals surface area contributed by atoms with Crippen LogP contribution in [0.3, 0.4) is 0 Å². The molecule has 1 heterocycles. The Morgan fingerprint density at radius 3 is 2.65 bits per heavy atom. The molecule has 112 valence electrons. The van der Waals surface area contributed by atoms with Crippen molar-refractivity contribution in [2.24, 2.45) is 5.92 Å². The van der Waals surface area contributed by atoms with E-state index in [9.17, 15) is 10.1 Å². The molecule has 1 rings (SSSR count). The molecule has 0 aromatic carbocycles. The van der Waals surface area contributed by atoms with Crippen LogP contribution >= 0.6 is 0 Å². The van der Waals surface area contributed by atoms with Gasteiger partial charge in [0.05, 0.1) is 4.92 Å². The highest BCUT2D eigenvalue weighted by atomic mass is 16.6. The quantitative estimate of drug-likeness (QED) is 0.499. The Morgan fingerprint density at radius 1 is 1.45 bits per heavy atom. The number of aliphatic hydroxyl groups excluding tert-OH is 1. The minimum Gasteiger partial charge on any atom is -0.396 e. The first-order valence-corrected chi connectivity index (χ1v) is 6.76. The summed E-state index contributed by atoms with van der Waals surface area (Å²) in [6, 6.07) is 2.95. The minimum atomic E-state index is -0.457. The highest BCUT2D eigenvalue weighted by Gasteiger charge is 2.21. The summed E-state index contributed by atoms with van der Waals surface area (Å²) in [7, 11) is 0. The van der Waals surface area contributed by atoms with Crippen molar-refractivity contribution in [3.63, 3.8) is 0 Å². The number of rotatable bonds is 8. The Kier molecular flexibility index (Phi) is 6.17. The van der Waals surface area contributed by atoms with Gasteiger partial charge in [-0.15, -0.1) is 0 Å². The maximum absolute atomic E-state index is 11.1. The fourth-order valence-corrected chi connectivity index (χ4v) is 1.87. The van der Waals surface area contributed by atoms with E-state index >= 15 is 0 Å². The summed E-state index contributed by atoms with van der Waals surface area (Å²) in [6.07, 6.45) is 0.516. The average molecular weight is 282 g/mol. The van der Waals surface area contributed by atoms with Gasteiger partial charge in [0.25, 0.3) is 0 Å². The molecule has 0 saturated carbocycles. The lowest BCUT2D eigenvalue weighted by Crippen LogP contribution is -2.27. The molecule has 1 unspecified atom stereocenters. The third-order valence-electron chi connectivity index (χ3n) is 3.00. The molecule has 7 heteroatoms. The molecule has 0 amide bonds. The van der Waals surface area contributed by atoms with E-state index in [-0.39, 0.29) is 30.1 Å². The molecular formula is C13H22N4O3. The van der Waals surface area contributed by atoms with E-state index in [0.29, 0.717) is 18.8 Å². The number of aromatic nitrogens is 1. The molecule has 7 nitrogen and oxygen atoms in total. The van der Waals surface area contributed by atoms with E-state index in [1.165, 1.54) is 6.07 Å². The third kappa shape index (κ3) is 4.34. The second-order valence-electron chi connectivity index (χ2n) is 4.86. The Balaban J connectivity index is 3.04. The van der Waals surface area contributed by atoms with E-state index in [2.05, 4.69) is 15.6 Å². The Bertz CT molecular complexity index is 451. The smallest absolute Gasteiger partial charge is 0.311 e. The van der Waals surface area contributed by atoms with Crippen LogP contribution in [-0.2, 0) is 0 Å². The van der Waals surface area contributed by atoms with Crippen molar-refractivity contribution in [3.05, 3.63) is 22.2 Å². The van der Waals surface area contributed by atoms with Crippen molar-refractivity contribution < 1.29 is 10.0 Å². The van der Waals surface area contributed by atoms with Crippen molar-refractivity contribution in [1.82, 2.24) is 4.98 Å². The van der Waals surface area contributed by atoms with Crippen LogP contribution in [0.15, 0.2) is 12.1 Å². The minimum absolute atomic E-state index is 0.0244. The maximum atomic E-state index is 11.1. The first-order valence-electron chi connectivity index (χ1n) is 6.76. The molecule has 1 atom stereocenters. The van der Waals surface area contributed by atoms with Crippen molar-refractivity contribution in [2.75, 3.05) is 23.8 Å². The number of anilines is 2. The van der Waals surface area contributed by atoms with E-state index in [1.54, 1.807) is 6.07 Å². The van der Waals surface area contributed by atoms with E-state index in [1.807, 2.05) is 20.8 Å². The number of pyridine rings is 1. The molecule has 3 N–H and O–H groups in total. The first-order chi connectivity index (χ1) is 9.49. The van der Waals surface area contributed by atoms with E-state index < -0.39 is 4.92 Å². The van der Waals surface area contributed by atoms with Gasteiger partial charge in [-0.05, 0) is 25.3 Å². The van der Waals surface area contributed by atoms with Crippen LogP contribution in [0.5, 0.6) is 0 Å². The lowest BCUT2D eigenvalue weighted by Gasteiger charge is -2.22. The van der Waals surface area contributed by atoms with Crippen LogP contribution in [-0.4, -0.2) is 34.2 Å². The summed E-state index contributed by atoms with van der Waals surface area (Å²) < 4.78 is 0. The summed E-state index contributed by atoms with van der Waals surface area (Å²) in [4.78, 5) is 14.8. The summed E-state index contributed by atoms with van der Waals surface area (Å²) >= 11 is 0. The molecule has 1 aromatic heterocycles. The topological polar surface area (TPSA) is 100 Å². The number of nitrogens with one attached hydrogen (secondary N) is 2. The number of nitro groups is 1. The first kappa shape index (κ1) is 16.2. The normalized spacial score (nSPS) is 12.2. The van der Waals surface area contributed by atoms with Crippen LogP contribution in [0.25, 0.3) is 0 Å². The lowest BCUT2D eigenvalue weighted by atomic mass is 10.0. The second-order valence-corrected chi connectivity index (χ2v) is 4.86.